The monoisotopic (exact) mass is 293 g/mol. The highest BCUT2D eigenvalue weighted by atomic mass is 32.2. The molecule has 0 aromatic heterocycles. The number of carbonyl (C=O) groups is 2. The van der Waals surface area contributed by atoms with Gasteiger partial charge in [-0.3, -0.25) is 4.79 Å². The molecule has 20 heavy (non-hydrogen) atoms. The van der Waals surface area contributed by atoms with Gasteiger partial charge in [-0.05, 0) is 43.4 Å². The van der Waals surface area contributed by atoms with Gasteiger partial charge in [-0.2, -0.15) is 0 Å². The average molecular weight is 293 g/mol. The maximum atomic E-state index is 12.9. The molecule has 0 radical (unpaired) electrons. The standard InChI is InChI=1S/C15H19NO3S/c17-13(11-6-8-1-2-10(11)5-8)16-12(15(18)19)7-20-14(16)9-3-4-9/h1-2,8-12,14H,3-7H2,(H,18,19). The van der Waals surface area contributed by atoms with E-state index in [1.807, 2.05) is 0 Å². The molecule has 3 aliphatic carbocycles. The highest BCUT2D eigenvalue weighted by Gasteiger charge is 2.51. The summed E-state index contributed by atoms with van der Waals surface area (Å²) in [5.74, 6) is 1.29. The van der Waals surface area contributed by atoms with Crippen LogP contribution in [0.25, 0.3) is 0 Å². The lowest BCUT2D eigenvalue weighted by Crippen LogP contribution is -2.49. The number of nitrogens with zero attached hydrogens (tertiary/aromatic N) is 1. The average Bonchev–Trinajstić information content (AvgIpc) is 2.91. The summed E-state index contributed by atoms with van der Waals surface area (Å²) in [6, 6.07) is -0.610. The van der Waals surface area contributed by atoms with Gasteiger partial charge in [-0.25, -0.2) is 4.79 Å². The Hall–Kier alpha value is -0.970. The maximum Gasteiger partial charge on any atom is 0.327 e. The molecule has 1 amide bonds. The zero-order valence-electron chi connectivity index (χ0n) is 11.3. The molecule has 5 unspecified atom stereocenters. The Labute approximate surface area is 122 Å². The van der Waals surface area contributed by atoms with Gasteiger partial charge in [0.05, 0.1) is 5.37 Å². The summed E-state index contributed by atoms with van der Waals surface area (Å²) < 4.78 is 0. The van der Waals surface area contributed by atoms with Crippen molar-refractivity contribution in [1.29, 1.82) is 0 Å². The van der Waals surface area contributed by atoms with Crippen LogP contribution in [0.15, 0.2) is 12.2 Å². The van der Waals surface area contributed by atoms with E-state index in [-0.39, 0.29) is 17.2 Å². The summed E-state index contributed by atoms with van der Waals surface area (Å²) in [6.07, 6.45) is 8.69. The lowest BCUT2D eigenvalue weighted by molar-refractivity contribution is -0.151. The molecule has 3 fully saturated rings. The van der Waals surface area contributed by atoms with Gasteiger partial charge in [0.2, 0.25) is 5.91 Å². The van der Waals surface area contributed by atoms with Crippen LogP contribution in [0.4, 0.5) is 0 Å². The summed E-state index contributed by atoms with van der Waals surface area (Å²) in [4.78, 5) is 26.1. The molecular weight excluding hydrogens is 274 g/mol. The van der Waals surface area contributed by atoms with Crippen LogP contribution in [-0.4, -0.2) is 39.1 Å². The Morgan fingerprint density at radius 1 is 1.20 bits per heavy atom. The number of amides is 1. The largest absolute Gasteiger partial charge is 0.480 e. The van der Waals surface area contributed by atoms with E-state index in [9.17, 15) is 14.7 Å². The minimum atomic E-state index is -0.840. The number of hydrogen-bond acceptors (Lipinski definition) is 3. The van der Waals surface area contributed by atoms with Gasteiger partial charge in [-0.15, -0.1) is 11.8 Å². The minimum Gasteiger partial charge on any atom is -0.480 e. The van der Waals surface area contributed by atoms with Gasteiger partial charge in [-0.1, -0.05) is 12.2 Å². The van der Waals surface area contributed by atoms with Crippen LogP contribution in [0.1, 0.15) is 25.7 Å². The first-order chi connectivity index (χ1) is 9.65. The van der Waals surface area contributed by atoms with E-state index in [2.05, 4.69) is 12.2 Å². The molecule has 1 aliphatic heterocycles. The molecular formula is C15H19NO3S. The fourth-order valence-corrected chi connectivity index (χ4v) is 5.64. The quantitative estimate of drug-likeness (QED) is 0.808. The number of carbonyl (C=O) groups excluding carboxylic acids is 1. The summed E-state index contributed by atoms with van der Waals surface area (Å²) >= 11 is 1.67. The summed E-state index contributed by atoms with van der Waals surface area (Å²) in [6.45, 7) is 0. The Morgan fingerprint density at radius 3 is 2.55 bits per heavy atom. The fraction of sp³-hybridized carbons (Fsp3) is 0.733. The number of hydrogen-bond donors (Lipinski definition) is 1. The van der Waals surface area contributed by atoms with Crippen LogP contribution in [0.3, 0.4) is 0 Å². The van der Waals surface area contributed by atoms with Crippen molar-refractivity contribution in [2.45, 2.75) is 37.1 Å². The van der Waals surface area contributed by atoms with E-state index < -0.39 is 12.0 Å². The highest BCUT2D eigenvalue weighted by molar-refractivity contribution is 8.00. The van der Waals surface area contributed by atoms with Gasteiger partial charge < -0.3 is 10.0 Å². The van der Waals surface area contributed by atoms with Crippen molar-refractivity contribution in [2.24, 2.45) is 23.7 Å². The first-order valence-corrected chi connectivity index (χ1v) is 8.55. The number of allylic oxidation sites excluding steroid dienone is 2. The molecule has 108 valence electrons. The molecule has 2 saturated carbocycles. The van der Waals surface area contributed by atoms with E-state index in [1.165, 1.54) is 0 Å². The molecule has 0 spiro atoms. The van der Waals surface area contributed by atoms with E-state index in [4.69, 9.17) is 0 Å². The van der Waals surface area contributed by atoms with Crippen LogP contribution in [0, 0.1) is 23.7 Å². The van der Waals surface area contributed by atoms with E-state index in [0.717, 1.165) is 25.7 Å². The minimum absolute atomic E-state index is 0.0341. The van der Waals surface area contributed by atoms with Crippen LogP contribution >= 0.6 is 11.8 Å². The zero-order chi connectivity index (χ0) is 13.9. The third-order valence-corrected chi connectivity index (χ3v) is 6.66. The Balaban J connectivity index is 1.58. The third-order valence-electron chi connectivity index (χ3n) is 5.20. The van der Waals surface area contributed by atoms with Crippen molar-refractivity contribution in [2.75, 3.05) is 5.75 Å². The number of aliphatic carboxylic acids is 1. The fourth-order valence-electron chi connectivity index (χ4n) is 4.00. The smallest absolute Gasteiger partial charge is 0.327 e. The maximum absolute atomic E-state index is 12.9. The van der Waals surface area contributed by atoms with Gasteiger partial charge in [0.15, 0.2) is 0 Å². The second-order valence-electron chi connectivity index (χ2n) is 6.55. The van der Waals surface area contributed by atoms with Crippen molar-refractivity contribution >= 4 is 23.6 Å². The van der Waals surface area contributed by atoms with Crippen molar-refractivity contribution in [3.63, 3.8) is 0 Å². The summed E-state index contributed by atoms with van der Waals surface area (Å²) in [5.41, 5.74) is 0. The van der Waals surface area contributed by atoms with Gasteiger partial charge in [0.1, 0.15) is 6.04 Å². The molecule has 5 atom stereocenters. The molecule has 4 nitrogen and oxygen atoms in total. The molecule has 1 heterocycles. The predicted octanol–water partition coefficient (Wildman–Crippen LogP) is 1.96. The van der Waals surface area contributed by atoms with Gasteiger partial charge in [0.25, 0.3) is 0 Å². The molecule has 4 aliphatic rings. The van der Waals surface area contributed by atoms with Crippen molar-refractivity contribution in [3.8, 4) is 0 Å². The zero-order valence-corrected chi connectivity index (χ0v) is 12.1. The number of carboxylic acids is 1. The number of carboxylic acid groups (broad SMARTS) is 1. The molecule has 1 saturated heterocycles. The second kappa shape index (κ2) is 4.52. The first-order valence-electron chi connectivity index (χ1n) is 7.50. The van der Waals surface area contributed by atoms with Crippen molar-refractivity contribution in [3.05, 3.63) is 12.2 Å². The van der Waals surface area contributed by atoms with E-state index >= 15 is 0 Å². The molecule has 0 aromatic carbocycles. The van der Waals surface area contributed by atoms with Crippen LogP contribution in [-0.2, 0) is 9.59 Å². The van der Waals surface area contributed by atoms with Crippen LogP contribution in [0.5, 0.6) is 0 Å². The van der Waals surface area contributed by atoms with E-state index in [1.54, 1.807) is 16.7 Å². The molecule has 2 bridgehead atoms. The number of rotatable bonds is 3. The lowest BCUT2D eigenvalue weighted by Gasteiger charge is -2.31. The third kappa shape index (κ3) is 1.90. The van der Waals surface area contributed by atoms with Crippen molar-refractivity contribution in [1.82, 2.24) is 4.90 Å². The molecule has 4 rings (SSSR count). The molecule has 0 aromatic rings. The van der Waals surface area contributed by atoms with Gasteiger partial charge >= 0.3 is 5.97 Å². The Morgan fingerprint density at radius 2 is 2.00 bits per heavy atom. The topological polar surface area (TPSA) is 57.6 Å². The van der Waals surface area contributed by atoms with E-state index in [0.29, 0.717) is 23.5 Å². The SMILES string of the molecule is O=C(O)C1CSC(C2CC2)N1C(=O)C1CC2C=CC1C2. The summed E-state index contributed by atoms with van der Waals surface area (Å²) in [7, 11) is 0. The van der Waals surface area contributed by atoms with Crippen LogP contribution < -0.4 is 0 Å². The lowest BCUT2D eigenvalue weighted by atomic mass is 9.91. The Kier molecular flexibility index (Phi) is 2.88. The second-order valence-corrected chi connectivity index (χ2v) is 7.70. The summed E-state index contributed by atoms with van der Waals surface area (Å²) in [5, 5.41) is 9.52. The number of fused-ring (bicyclic) bond motifs is 2. The van der Waals surface area contributed by atoms with Crippen LogP contribution in [0.2, 0.25) is 0 Å². The Bertz CT molecular complexity index is 488. The molecule has 1 N–H and O–H groups in total. The number of thioether (sulfide) groups is 1. The molecule has 5 heteroatoms. The first kappa shape index (κ1) is 12.7. The van der Waals surface area contributed by atoms with Gasteiger partial charge in [0, 0.05) is 11.7 Å². The predicted molar refractivity (Wildman–Crippen MR) is 76.1 cm³/mol. The normalized spacial score (nSPS) is 42.4. The highest BCUT2D eigenvalue weighted by Crippen LogP contribution is 2.49. The van der Waals surface area contributed by atoms with Crippen molar-refractivity contribution < 1.29 is 14.7 Å².